The van der Waals surface area contributed by atoms with Crippen LogP contribution in [-0.2, 0) is 0 Å². The number of piperidine rings is 2. The quantitative estimate of drug-likeness (QED) is 0.644. The van der Waals surface area contributed by atoms with E-state index in [0.29, 0.717) is 4.73 Å². The maximum Gasteiger partial charge on any atom is 0.379 e. The van der Waals surface area contributed by atoms with Crippen LogP contribution in [0.15, 0.2) is 12.1 Å². The number of hydrogen-bond acceptors (Lipinski definition) is 4. The van der Waals surface area contributed by atoms with Crippen molar-refractivity contribution in [2.75, 3.05) is 42.1 Å². The number of pyridine rings is 1. The predicted octanol–water partition coefficient (Wildman–Crippen LogP) is 1.91. The fraction of sp³-hybridized carbons (Fsp3) is 0.625. The van der Waals surface area contributed by atoms with Gasteiger partial charge in [-0.25, -0.2) is 14.8 Å². The summed E-state index contributed by atoms with van der Waals surface area (Å²) in [6.45, 7) is 3.40. The number of nitrogens with zero attached hydrogens (tertiary/aromatic N) is 3. The van der Waals surface area contributed by atoms with Crippen molar-refractivity contribution in [3.63, 3.8) is 0 Å². The highest BCUT2D eigenvalue weighted by molar-refractivity contribution is 5.88. The molecule has 0 aromatic carbocycles. The predicted molar refractivity (Wildman–Crippen MR) is 90.3 cm³/mol. The molecule has 0 aliphatic carbocycles. The van der Waals surface area contributed by atoms with Crippen molar-refractivity contribution in [2.24, 2.45) is 0 Å². The van der Waals surface area contributed by atoms with E-state index < -0.39 is 0 Å². The van der Waals surface area contributed by atoms with Crippen LogP contribution in [0.1, 0.15) is 38.5 Å². The second kappa shape index (κ2) is 6.93. The average Bonchev–Trinajstić information content (AvgIpc) is 2.60. The number of amides is 2. The Labute approximate surface area is 136 Å². The summed E-state index contributed by atoms with van der Waals surface area (Å²) in [5, 5.41) is 14.9. The smallest absolute Gasteiger partial charge is 0.379 e. The minimum absolute atomic E-state index is 0.113. The highest BCUT2D eigenvalue weighted by atomic mass is 16.5. The van der Waals surface area contributed by atoms with Crippen molar-refractivity contribution < 1.29 is 9.52 Å². The van der Waals surface area contributed by atoms with Gasteiger partial charge in [-0.1, -0.05) is 0 Å². The molecule has 7 heteroatoms. The molecule has 0 bridgehead atoms. The molecule has 0 spiro atoms. The number of carbonyl (C=O) groups excluding carboxylic acids is 1. The molecule has 0 saturated carbocycles. The van der Waals surface area contributed by atoms with Gasteiger partial charge in [-0.15, -0.1) is 0 Å². The number of nitrogen functional groups attached to an aromatic ring is 1. The molecule has 2 saturated heterocycles. The van der Waals surface area contributed by atoms with Crippen LogP contribution in [0, 0.1) is 5.21 Å². The summed E-state index contributed by atoms with van der Waals surface area (Å²) in [5.41, 5.74) is 6.75. The molecule has 1 aromatic rings. The summed E-state index contributed by atoms with van der Waals surface area (Å²) >= 11 is 0. The lowest BCUT2D eigenvalue weighted by atomic mass is 10.1. The van der Waals surface area contributed by atoms with Crippen LogP contribution >= 0.6 is 0 Å². The maximum absolute atomic E-state index is 12.3. The number of urea groups is 1. The minimum atomic E-state index is -0.218. The molecule has 7 nitrogen and oxygen atoms in total. The molecule has 2 aliphatic rings. The fourth-order valence-corrected chi connectivity index (χ4v) is 3.30. The topological polar surface area (TPSA) is 88.5 Å². The fourth-order valence-electron chi connectivity index (χ4n) is 3.30. The van der Waals surface area contributed by atoms with E-state index >= 15 is 0 Å². The Morgan fingerprint density at radius 1 is 1.04 bits per heavy atom. The van der Waals surface area contributed by atoms with Crippen molar-refractivity contribution >= 4 is 23.4 Å². The summed E-state index contributed by atoms with van der Waals surface area (Å²) < 4.78 is 0.593. The monoisotopic (exact) mass is 319 g/mol. The zero-order valence-electron chi connectivity index (χ0n) is 13.5. The van der Waals surface area contributed by atoms with E-state index in [1.807, 2.05) is 0 Å². The van der Waals surface area contributed by atoms with E-state index in [1.54, 1.807) is 17.0 Å². The molecular weight excluding hydrogens is 294 g/mol. The molecule has 3 N–H and O–H groups in total. The number of anilines is 3. The van der Waals surface area contributed by atoms with Crippen LogP contribution in [-0.4, -0.2) is 37.1 Å². The Morgan fingerprint density at radius 2 is 1.65 bits per heavy atom. The van der Waals surface area contributed by atoms with E-state index in [4.69, 9.17) is 5.73 Å². The van der Waals surface area contributed by atoms with Crippen molar-refractivity contribution in [2.45, 2.75) is 38.5 Å². The first-order valence-electron chi connectivity index (χ1n) is 8.49. The molecule has 2 amide bonds. The SMILES string of the molecule is Nc1cc(N2CCCCC2)cc(NC(=O)N2CCCCC2)[n+]1[O-]. The Hall–Kier alpha value is -2.18. The molecule has 3 rings (SSSR count). The van der Waals surface area contributed by atoms with Gasteiger partial charge in [0.15, 0.2) is 0 Å². The normalized spacial score (nSPS) is 18.8. The standard InChI is InChI=1S/C16H25N5O2/c17-14-11-13(19-7-3-1-4-8-19)12-15(21(14)23)18-16(22)20-9-5-2-6-10-20/h11-12H,1-10,17H2,(H,18,22). The van der Waals surface area contributed by atoms with Gasteiger partial charge in [0.05, 0.1) is 0 Å². The lowest BCUT2D eigenvalue weighted by Gasteiger charge is -2.30. The molecule has 0 unspecified atom stereocenters. The number of nitrogens with two attached hydrogens (primary N) is 1. The summed E-state index contributed by atoms with van der Waals surface area (Å²) in [7, 11) is 0. The van der Waals surface area contributed by atoms with E-state index in [9.17, 15) is 10.0 Å². The molecular formula is C16H25N5O2. The Morgan fingerprint density at radius 3 is 2.30 bits per heavy atom. The third-order valence-electron chi connectivity index (χ3n) is 4.63. The highest BCUT2D eigenvalue weighted by Crippen LogP contribution is 2.23. The first-order valence-corrected chi connectivity index (χ1v) is 8.49. The van der Waals surface area contributed by atoms with Crippen LogP contribution in [0.5, 0.6) is 0 Å². The summed E-state index contributed by atoms with van der Waals surface area (Å²) in [5.74, 6) is 0.322. The van der Waals surface area contributed by atoms with Gasteiger partial charge in [0.2, 0.25) is 11.6 Å². The first-order chi connectivity index (χ1) is 11.1. The molecule has 2 aliphatic heterocycles. The number of hydrogen-bond donors (Lipinski definition) is 2. The van der Waals surface area contributed by atoms with Gasteiger partial charge in [0.1, 0.15) is 0 Å². The van der Waals surface area contributed by atoms with Crippen LogP contribution in [0.4, 0.5) is 22.1 Å². The summed E-state index contributed by atoms with van der Waals surface area (Å²) in [4.78, 5) is 16.3. The Bertz CT molecular complexity index is 566. The molecule has 0 radical (unpaired) electrons. The van der Waals surface area contributed by atoms with Crippen molar-refractivity contribution in [1.29, 1.82) is 0 Å². The second-order valence-corrected chi connectivity index (χ2v) is 6.34. The number of nitrogens with one attached hydrogen (secondary N) is 1. The minimum Gasteiger partial charge on any atom is -0.740 e. The highest BCUT2D eigenvalue weighted by Gasteiger charge is 2.22. The molecule has 1 aromatic heterocycles. The summed E-state index contributed by atoms with van der Waals surface area (Å²) in [6.07, 6.45) is 6.70. The van der Waals surface area contributed by atoms with Crippen molar-refractivity contribution in [3.8, 4) is 0 Å². The van der Waals surface area contributed by atoms with Gasteiger partial charge in [-0.3, -0.25) is 0 Å². The number of carbonyl (C=O) groups is 1. The van der Waals surface area contributed by atoms with E-state index in [2.05, 4.69) is 10.2 Å². The molecule has 126 valence electrons. The molecule has 3 heterocycles. The number of aromatic nitrogens is 1. The second-order valence-electron chi connectivity index (χ2n) is 6.34. The van der Waals surface area contributed by atoms with Gasteiger partial charge in [0, 0.05) is 44.0 Å². The van der Waals surface area contributed by atoms with Gasteiger partial charge in [-0.05, 0) is 38.5 Å². The maximum atomic E-state index is 12.3. The first kappa shape index (κ1) is 15.7. The molecule has 0 atom stereocenters. The van der Waals surface area contributed by atoms with Gasteiger partial charge >= 0.3 is 6.03 Å². The third kappa shape index (κ3) is 3.60. The van der Waals surface area contributed by atoms with Crippen LogP contribution in [0.2, 0.25) is 0 Å². The lowest BCUT2D eigenvalue weighted by molar-refractivity contribution is -0.574. The molecule has 23 heavy (non-hydrogen) atoms. The van der Waals surface area contributed by atoms with Gasteiger partial charge < -0.3 is 20.7 Å². The Balaban J connectivity index is 1.77. The summed E-state index contributed by atoms with van der Waals surface area (Å²) in [6, 6.07) is 3.20. The number of likely N-dealkylation sites (tertiary alicyclic amines) is 1. The number of rotatable bonds is 2. The molecule has 2 fully saturated rings. The Kier molecular flexibility index (Phi) is 4.73. The van der Waals surface area contributed by atoms with Crippen molar-refractivity contribution in [3.05, 3.63) is 17.3 Å². The van der Waals surface area contributed by atoms with Crippen LogP contribution in [0.3, 0.4) is 0 Å². The van der Waals surface area contributed by atoms with E-state index in [0.717, 1.165) is 64.0 Å². The van der Waals surface area contributed by atoms with Gasteiger partial charge in [-0.2, -0.15) is 0 Å². The van der Waals surface area contributed by atoms with E-state index in [1.165, 1.54) is 6.42 Å². The zero-order valence-corrected chi connectivity index (χ0v) is 13.5. The van der Waals surface area contributed by atoms with Crippen LogP contribution in [0.25, 0.3) is 0 Å². The van der Waals surface area contributed by atoms with Crippen LogP contribution < -0.4 is 20.7 Å². The largest absolute Gasteiger partial charge is 0.740 e. The van der Waals surface area contributed by atoms with Gasteiger partial charge in [0.25, 0.3) is 0 Å². The average molecular weight is 319 g/mol. The lowest BCUT2D eigenvalue weighted by Crippen LogP contribution is -2.43. The third-order valence-corrected chi connectivity index (χ3v) is 4.63. The van der Waals surface area contributed by atoms with Crippen molar-refractivity contribution in [1.82, 2.24) is 4.90 Å². The zero-order chi connectivity index (χ0) is 16.2. The van der Waals surface area contributed by atoms with E-state index in [-0.39, 0.29) is 17.7 Å².